The third kappa shape index (κ3) is 4.49. The zero-order chi connectivity index (χ0) is 20.5. The molecule has 0 unspecified atom stereocenters. The van der Waals surface area contributed by atoms with Crippen molar-refractivity contribution in [3.63, 3.8) is 0 Å². The Morgan fingerprint density at radius 2 is 1.89 bits per heavy atom. The third-order valence-electron chi connectivity index (χ3n) is 4.76. The van der Waals surface area contributed by atoms with Crippen LogP contribution in [0, 0.1) is 5.92 Å². The van der Waals surface area contributed by atoms with Gasteiger partial charge in [0.25, 0.3) is 0 Å². The maximum Gasteiger partial charge on any atom is 0.223 e. The standard InChI is InChI=1S/C22H32N4O2/c1-15(2)13-19(27)25-11-12-26-18(14-25)23-20(21(26)24-22(3,4)5)16-7-9-17(28-6)10-8-16/h7-10,15,24H,11-14H2,1-6H3. The lowest BCUT2D eigenvalue weighted by Crippen LogP contribution is -2.39. The van der Waals surface area contributed by atoms with Gasteiger partial charge in [-0.05, 0) is 51.0 Å². The average molecular weight is 385 g/mol. The number of carbonyl (C=O) groups excluding carboxylic acids is 1. The van der Waals surface area contributed by atoms with Gasteiger partial charge in [0.1, 0.15) is 23.1 Å². The molecule has 1 aromatic carbocycles. The normalized spacial score (nSPS) is 14.2. The van der Waals surface area contributed by atoms with Crippen molar-refractivity contribution in [1.82, 2.24) is 14.5 Å². The summed E-state index contributed by atoms with van der Waals surface area (Å²) in [6.45, 7) is 12.6. The molecule has 6 heteroatoms. The molecular weight excluding hydrogens is 352 g/mol. The predicted molar refractivity (Wildman–Crippen MR) is 112 cm³/mol. The smallest absolute Gasteiger partial charge is 0.223 e. The summed E-state index contributed by atoms with van der Waals surface area (Å²) in [5, 5.41) is 3.63. The van der Waals surface area contributed by atoms with Crippen molar-refractivity contribution in [2.24, 2.45) is 5.92 Å². The molecule has 6 nitrogen and oxygen atoms in total. The van der Waals surface area contributed by atoms with E-state index in [1.54, 1.807) is 7.11 Å². The zero-order valence-electron chi connectivity index (χ0n) is 17.9. The second-order valence-corrected chi connectivity index (χ2v) is 8.89. The lowest BCUT2D eigenvalue weighted by molar-refractivity contribution is -0.133. The lowest BCUT2D eigenvalue weighted by atomic mass is 10.1. The van der Waals surface area contributed by atoms with E-state index in [1.165, 1.54) is 0 Å². The van der Waals surface area contributed by atoms with E-state index in [4.69, 9.17) is 9.72 Å². The Morgan fingerprint density at radius 3 is 2.46 bits per heavy atom. The molecule has 2 heterocycles. The Balaban J connectivity index is 1.96. The highest BCUT2D eigenvalue weighted by Gasteiger charge is 2.28. The maximum absolute atomic E-state index is 12.5. The summed E-state index contributed by atoms with van der Waals surface area (Å²) < 4.78 is 7.51. The van der Waals surface area contributed by atoms with E-state index in [0.29, 0.717) is 18.9 Å². The minimum Gasteiger partial charge on any atom is -0.497 e. The van der Waals surface area contributed by atoms with E-state index in [1.807, 2.05) is 29.2 Å². The van der Waals surface area contributed by atoms with Crippen LogP contribution in [0.25, 0.3) is 11.3 Å². The van der Waals surface area contributed by atoms with E-state index in [0.717, 1.165) is 41.7 Å². The number of rotatable bonds is 5. The fraction of sp³-hybridized carbons (Fsp3) is 0.545. The molecule has 0 radical (unpaired) electrons. The van der Waals surface area contributed by atoms with Crippen LogP contribution in [-0.2, 0) is 17.9 Å². The molecule has 0 saturated carbocycles. The van der Waals surface area contributed by atoms with Crippen molar-refractivity contribution in [3.8, 4) is 17.0 Å². The molecule has 0 aliphatic carbocycles. The number of methoxy groups -OCH3 is 1. The van der Waals surface area contributed by atoms with Gasteiger partial charge in [-0.1, -0.05) is 13.8 Å². The number of nitrogens with zero attached hydrogens (tertiary/aromatic N) is 3. The van der Waals surface area contributed by atoms with E-state index >= 15 is 0 Å². The number of fused-ring (bicyclic) bond motifs is 1. The van der Waals surface area contributed by atoms with E-state index < -0.39 is 0 Å². The Kier molecular flexibility index (Phi) is 5.68. The van der Waals surface area contributed by atoms with Gasteiger partial charge >= 0.3 is 0 Å². The first-order chi connectivity index (χ1) is 13.2. The van der Waals surface area contributed by atoms with Crippen molar-refractivity contribution in [1.29, 1.82) is 0 Å². The maximum atomic E-state index is 12.5. The highest BCUT2D eigenvalue weighted by Crippen LogP contribution is 2.33. The van der Waals surface area contributed by atoms with Crippen LogP contribution in [0.1, 0.15) is 46.9 Å². The Hall–Kier alpha value is -2.50. The van der Waals surface area contributed by atoms with Gasteiger partial charge in [-0.2, -0.15) is 0 Å². The van der Waals surface area contributed by atoms with Crippen LogP contribution in [0.2, 0.25) is 0 Å². The lowest BCUT2D eigenvalue weighted by Gasteiger charge is -2.30. The molecule has 2 aromatic rings. The molecule has 0 spiro atoms. The van der Waals surface area contributed by atoms with Gasteiger partial charge in [-0.25, -0.2) is 4.98 Å². The minimum atomic E-state index is -0.0946. The first kappa shape index (κ1) is 20.2. The van der Waals surface area contributed by atoms with Crippen molar-refractivity contribution in [2.75, 3.05) is 19.0 Å². The first-order valence-corrected chi connectivity index (χ1v) is 9.97. The summed E-state index contributed by atoms with van der Waals surface area (Å²) in [6, 6.07) is 7.96. The van der Waals surface area contributed by atoms with Crippen LogP contribution in [0.5, 0.6) is 5.75 Å². The molecule has 0 atom stereocenters. The Labute approximate surface area is 167 Å². The average Bonchev–Trinajstić information content (AvgIpc) is 2.97. The summed E-state index contributed by atoms with van der Waals surface area (Å²) in [6.07, 6.45) is 0.582. The van der Waals surface area contributed by atoms with Crippen molar-refractivity contribution >= 4 is 11.7 Å². The summed E-state index contributed by atoms with van der Waals surface area (Å²) in [5.41, 5.74) is 1.86. The summed E-state index contributed by atoms with van der Waals surface area (Å²) in [4.78, 5) is 19.4. The number of imidazole rings is 1. The predicted octanol–water partition coefficient (Wildman–Crippen LogP) is 4.16. The second kappa shape index (κ2) is 7.86. The van der Waals surface area contributed by atoms with Crippen LogP contribution < -0.4 is 10.1 Å². The fourth-order valence-electron chi connectivity index (χ4n) is 3.45. The van der Waals surface area contributed by atoms with E-state index in [9.17, 15) is 4.79 Å². The second-order valence-electron chi connectivity index (χ2n) is 8.89. The number of benzene rings is 1. The van der Waals surface area contributed by atoms with Gasteiger partial charge in [0.2, 0.25) is 5.91 Å². The van der Waals surface area contributed by atoms with Crippen LogP contribution in [-0.4, -0.2) is 39.6 Å². The van der Waals surface area contributed by atoms with Crippen molar-refractivity contribution in [2.45, 2.75) is 59.7 Å². The van der Waals surface area contributed by atoms with Crippen LogP contribution in [0.4, 0.5) is 5.82 Å². The molecule has 1 amide bonds. The minimum absolute atomic E-state index is 0.0946. The first-order valence-electron chi connectivity index (χ1n) is 9.97. The molecule has 0 bridgehead atoms. The number of hydrogen-bond donors (Lipinski definition) is 1. The highest BCUT2D eigenvalue weighted by molar-refractivity contribution is 5.77. The highest BCUT2D eigenvalue weighted by atomic mass is 16.5. The molecule has 0 fully saturated rings. The van der Waals surface area contributed by atoms with Gasteiger partial charge in [0, 0.05) is 30.6 Å². The number of hydrogen-bond acceptors (Lipinski definition) is 4. The van der Waals surface area contributed by atoms with Crippen LogP contribution in [0.3, 0.4) is 0 Å². The van der Waals surface area contributed by atoms with Crippen LogP contribution >= 0.6 is 0 Å². The van der Waals surface area contributed by atoms with Crippen LogP contribution in [0.15, 0.2) is 24.3 Å². The number of ether oxygens (including phenoxy) is 1. The van der Waals surface area contributed by atoms with Gasteiger partial charge in [-0.3, -0.25) is 4.79 Å². The number of carbonyl (C=O) groups is 1. The molecule has 28 heavy (non-hydrogen) atoms. The summed E-state index contributed by atoms with van der Waals surface area (Å²) in [7, 11) is 1.67. The van der Waals surface area contributed by atoms with E-state index in [-0.39, 0.29) is 11.4 Å². The third-order valence-corrected chi connectivity index (χ3v) is 4.76. The molecule has 1 aromatic heterocycles. The Morgan fingerprint density at radius 1 is 1.21 bits per heavy atom. The number of amides is 1. The monoisotopic (exact) mass is 384 g/mol. The number of nitrogens with one attached hydrogen (secondary N) is 1. The molecular formula is C22H32N4O2. The number of aromatic nitrogens is 2. The molecule has 0 saturated heterocycles. The van der Waals surface area contributed by atoms with Gasteiger partial charge in [-0.15, -0.1) is 0 Å². The van der Waals surface area contributed by atoms with Crippen molar-refractivity contribution < 1.29 is 9.53 Å². The Bertz CT molecular complexity index is 831. The number of anilines is 1. The van der Waals surface area contributed by atoms with Crippen molar-refractivity contribution in [3.05, 3.63) is 30.1 Å². The molecule has 152 valence electrons. The van der Waals surface area contributed by atoms with Gasteiger partial charge in [0.15, 0.2) is 0 Å². The summed E-state index contributed by atoms with van der Waals surface area (Å²) in [5.74, 6) is 3.34. The summed E-state index contributed by atoms with van der Waals surface area (Å²) >= 11 is 0. The molecule has 1 aliphatic rings. The SMILES string of the molecule is COc1ccc(-c2nc3n(c2NC(C)(C)C)CCN(C(=O)CC(C)C)C3)cc1. The fourth-order valence-corrected chi connectivity index (χ4v) is 3.45. The van der Waals surface area contributed by atoms with Gasteiger partial charge in [0.05, 0.1) is 13.7 Å². The molecule has 1 aliphatic heterocycles. The molecule has 3 rings (SSSR count). The largest absolute Gasteiger partial charge is 0.497 e. The topological polar surface area (TPSA) is 59.4 Å². The van der Waals surface area contributed by atoms with Gasteiger partial charge < -0.3 is 19.5 Å². The van der Waals surface area contributed by atoms with E-state index in [2.05, 4.69) is 44.5 Å². The quantitative estimate of drug-likeness (QED) is 0.841. The zero-order valence-corrected chi connectivity index (χ0v) is 17.9. The molecule has 1 N–H and O–H groups in total.